The molecule has 27 heavy (non-hydrogen) atoms. The number of rotatable bonds is 10. The van der Waals surface area contributed by atoms with Gasteiger partial charge < -0.3 is 19.7 Å². The fraction of sp³-hybridized carbons (Fsp3) is 0.350. The Morgan fingerprint density at radius 2 is 1.78 bits per heavy atom. The van der Waals surface area contributed by atoms with Gasteiger partial charge in [0.25, 0.3) is 0 Å². The lowest BCUT2D eigenvalue weighted by atomic mass is 10.0. The summed E-state index contributed by atoms with van der Waals surface area (Å²) in [5.74, 6) is 0.632. The van der Waals surface area contributed by atoms with Crippen LogP contribution < -0.4 is 10.1 Å². The van der Waals surface area contributed by atoms with E-state index in [9.17, 15) is 4.79 Å². The van der Waals surface area contributed by atoms with Gasteiger partial charge in [-0.2, -0.15) is 0 Å². The molecule has 2 aromatic rings. The highest BCUT2D eigenvalue weighted by molar-refractivity contribution is 7.98. The Labute approximate surface area is 163 Å². The van der Waals surface area contributed by atoms with Gasteiger partial charge in [0.15, 0.2) is 0 Å². The average Bonchev–Trinajstić information content (AvgIpc) is 2.70. The number of anilines is 1. The molecule has 7 heteroatoms. The molecular weight excluding hydrogens is 366 g/mol. The van der Waals surface area contributed by atoms with Crippen molar-refractivity contribution >= 4 is 23.5 Å². The number of carbonyl (C=O) groups excluding carboxylic acids is 1. The van der Waals surface area contributed by atoms with Crippen LogP contribution in [0, 0.1) is 0 Å². The van der Waals surface area contributed by atoms with Crippen molar-refractivity contribution in [2.75, 3.05) is 31.4 Å². The number of benzene rings is 2. The zero-order valence-electron chi connectivity index (χ0n) is 15.3. The van der Waals surface area contributed by atoms with E-state index in [1.54, 1.807) is 23.9 Å². The Hall–Kier alpha value is -2.22. The molecular formula is C20H25NO5S. The fourth-order valence-corrected chi connectivity index (χ4v) is 2.87. The number of carbonyl (C=O) groups is 1. The number of thioether (sulfide) groups is 1. The van der Waals surface area contributed by atoms with Crippen molar-refractivity contribution in [2.45, 2.75) is 23.8 Å². The predicted molar refractivity (Wildman–Crippen MR) is 106 cm³/mol. The summed E-state index contributed by atoms with van der Waals surface area (Å²) < 4.78 is 10.9. The van der Waals surface area contributed by atoms with Crippen LogP contribution >= 0.6 is 11.8 Å². The van der Waals surface area contributed by atoms with Gasteiger partial charge in [0.05, 0.1) is 6.61 Å². The van der Waals surface area contributed by atoms with Crippen molar-refractivity contribution in [1.29, 1.82) is 0 Å². The van der Waals surface area contributed by atoms with Crippen LogP contribution in [0.3, 0.4) is 0 Å². The molecule has 0 saturated carbocycles. The van der Waals surface area contributed by atoms with Crippen molar-refractivity contribution in [3.63, 3.8) is 0 Å². The minimum atomic E-state index is -0.546. The summed E-state index contributed by atoms with van der Waals surface area (Å²) in [7, 11) is 0. The zero-order valence-corrected chi connectivity index (χ0v) is 16.1. The molecule has 0 bridgehead atoms. The first-order valence-corrected chi connectivity index (χ1v) is 9.95. The molecule has 0 aliphatic rings. The summed E-state index contributed by atoms with van der Waals surface area (Å²) in [5, 5.41) is 20.6. The summed E-state index contributed by atoms with van der Waals surface area (Å²) in [5.41, 5.74) is 1.47. The largest absolute Gasteiger partial charge is 0.491 e. The van der Waals surface area contributed by atoms with E-state index in [4.69, 9.17) is 19.7 Å². The monoisotopic (exact) mass is 391 g/mol. The van der Waals surface area contributed by atoms with Gasteiger partial charge in [-0.15, -0.1) is 11.8 Å². The van der Waals surface area contributed by atoms with E-state index in [-0.39, 0.29) is 19.8 Å². The number of nitrogens with one attached hydrogen (secondary N) is 1. The predicted octanol–water partition coefficient (Wildman–Crippen LogP) is 3.84. The van der Waals surface area contributed by atoms with E-state index >= 15 is 0 Å². The highest BCUT2D eigenvalue weighted by Gasteiger charge is 2.17. The topological polar surface area (TPSA) is 88.0 Å². The maximum atomic E-state index is 12.3. The standard InChI is InChI=1S/C20H25NO5S/c1-27-18-10-6-16(7-11-18)21-20(24)26-19(3-2-12-22)15-4-8-17(9-5-15)25-14-13-23/h4-11,19,22-23H,2-3,12-14H2,1H3,(H,21,24)/t19-/m1/s1. The number of hydrogen-bond acceptors (Lipinski definition) is 6. The molecule has 0 aromatic heterocycles. The third-order valence-electron chi connectivity index (χ3n) is 3.82. The van der Waals surface area contributed by atoms with Gasteiger partial charge in [0.2, 0.25) is 0 Å². The normalized spacial score (nSPS) is 11.7. The van der Waals surface area contributed by atoms with Crippen LogP contribution in [0.1, 0.15) is 24.5 Å². The second kappa shape index (κ2) is 11.5. The lowest BCUT2D eigenvalue weighted by Crippen LogP contribution is -2.18. The SMILES string of the molecule is CSc1ccc(NC(=O)O[C@H](CCCO)c2ccc(OCCO)cc2)cc1. The molecule has 0 fully saturated rings. The molecule has 3 N–H and O–H groups in total. The summed E-state index contributed by atoms with van der Waals surface area (Å²) in [6, 6.07) is 14.7. The van der Waals surface area contributed by atoms with Gasteiger partial charge in [-0.3, -0.25) is 5.32 Å². The van der Waals surface area contributed by atoms with Gasteiger partial charge >= 0.3 is 6.09 Å². The Balaban J connectivity index is 2.00. The van der Waals surface area contributed by atoms with Crippen LogP contribution in [0.2, 0.25) is 0 Å². The summed E-state index contributed by atoms with van der Waals surface area (Å²) >= 11 is 1.63. The van der Waals surface area contributed by atoms with Gasteiger partial charge in [-0.05, 0) is 61.1 Å². The molecule has 0 unspecified atom stereocenters. The lowest BCUT2D eigenvalue weighted by molar-refractivity contribution is 0.0994. The smallest absolute Gasteiger partial charge is 0.412 e. The Morgan fingerprint density at radius 1 is 1.07 bits per heavy atom. The first-order chi connectivity index (χ1) is 13.2. The van der Waals surface area contributed by atoms with E-state index in [0.29, 0.717) is 24.3 Å². The van der Waals surface area contributed by atoms with E-state index in [1.807, 2.05) is 42.7 Å². The molecule has 146 valence electrons. The molecule has 0 spiro atoms. The second-order valence-electron chi connectivity index (χ2n) is 5.75. The number of ether oxygens (including phenoxy) is 2. The lowest BCUT2D eigenvalue weighted by Gasteiger charge is -2.19. The second-order valence-corrected chi connectivity index (χ2v) is 6.63. The first kappa shape index (κ1) is 21.1. The first-order valence-electron chi connectivity index (χ1n) is 8.72. The van der Waals surface area contributed by atoms with Gasteiger partial charge in [0.1, 0.15) is 18.5 Å². The van der Waals surface area contributed by atoms with Crippen molar-refractivity contribution in [3.05, 3.63) is 54.1 Å². The molecule has 0 aliphatic heterocycles. The van der Waals surface area contributed by atoms with Crippen LogP contribution in [-0.4, -0.2) is 42.4 Å². The van der Waals surface area contributed by atoms with E-state index in [1.165, 1.54) is 0 Å². The fourth-order valence-electron chi connectivity index (χ4n) is 2.46. The molecule has 1 amide bonds. The minimum absolute atomic E-state index is 0.0231. The number of amides is 1. The Bertz CT molecular complexity index is 691. The Kier molecular flexibility index (Phi) is 8.97. The summed E-state index contributed by atoms with van der Waals surface area (Å²) in [6.45, 7) is 0.193. The zero-order chi connectivity index (χ0) is 19.5. The Morgan fingerprint density at radius 3 is 2.37 bits per heavy atom. The maximum Gasteiger partial charge on any atom is 0.412 e. The highest BCUT2D eigenvalue weighted by atomic mass is 32.2. The minimum Gasteiger partial charge on any atom is -0.491 e. The molecule has 0 saturated heterocycles. The molecule has 6 nitrogen and oxygen atoms in total. The maximum absolute atomic E-state index is 12.3. The molecule has 2 rings (SSSR count). The van der Waals surface area contributed by atoms with Crippen LogP contribution in [0.4, 0.5) is 10.5 Å². The van der Waals surface area contributed by atoms with E-state index in [2.05, 4.69) is 5.32 Å². The van der Waals surface area contributed by atoms with Crippen LogP contribution in [0.5, 0.6) is 5.75 Å². The van der Waals surface area contributed by atoms with E-state index in [0.717, 1.165) is 10.5 Å². The van der Waals surface area contributed by atoms with Gasteiger partial charge in [0, 0.05) is 17.2 Å². The van der Waals surface area contributed by atoms with Crippen LogP contribution in [0.25, 0.3) is 0 Å². The van der Waals surface area contributed by atoms with Gasteiger partial charge in [-0.1, -0.05) is 12.1 Å². The van der Waals surface area contributed by atoms with Crippen LogP contribution in [0.15, 0.2) is 53.4 Å². The van der Waals surface area contributed by atoms with Gasteiger partial charge in [-0.25, -0.2) is 4.79 Å². The molecule has 0 radical (unpaired) electrons. The molecule has 1 atom stereocenters. The number of aliphatic hydroxyl groups excluding tert-OH is 2. The molecule has 0 aliphatic carbocycles. The quantitative estimate of drug-likeness (QED) is 0.533. The summed E-state index contributed by atoms with van der Waals surface area (Å²) in [6.07, 6.45) is 1.99. The van der Waals surface area contributed by atoms with Crippen molar-refractivity contribution in [1.82, 2.24) is 0 Å². The van der Waals surface area contributed by atoms with E-state index < -0.39 is 12.2 Å². The number of aliphatic hydroxyl groups is 2. The van der Waals surface area contributed by atoms with Crippen molar-refractivity contribution < 1.29 is 24.5 Å². The summed E-state index contributed by atoms with van der Waals surface area (Å²) in [4.78, 5) is 13.4. The molecule has 2 aromatic carbocycles. The average molecular weight is 391 g/mol. The molecule has 0 heterocycles. The third kappa shape index (κ3) is 7.13. The number of hydrogen-bond donors (Lipinski definition) is 3. The third-order valence-corrected chi connectivity index (χ3v) is 4.57. The van der Waals surface area contributed by atoms with Crippen molar-refractivity contribution in [2.24, 2.45) is 0 Å². The van der Waals surface area contributed by atoms with Crippen molar-refractivity contribution in [3.8, 4) is 5.75 Å². The van der Waals surface area contributed by atoms with Crippen LogP contribution in [-0.2, 0) is 4.74 Å². The highest BCUT2D eigenvalue weighted by Crippen LogP contribution is 2.26.